The summed E-state index contributed by atoms with van der Waals surface area (Å²) >= 11 is 0. The van der Waals surface area contributed by atoms with E-state index < -0.39 is 0 Å². The first kappa shape index (κ1) is 15.4. The Morgan fingerprint density at radius 3 is 2.68 bits per heavy atom. The zero-order valence-corrected chi connectivity index (χ0v) is 14.4. The molecule has 0 fully saturated rings. The van der Waals surface area contributed by atoms with Crippen LogP contribution in [0.15, 0.2) is 50.6 Å². The van der Waals surface area contributed by atoms with E-state index in [1.165, 1.54) is 0 Å². The molecule has 0 spiro atoms. The van der Waals surface area contributed by atoms with Gasteiger partial charge >= 0.3 is 0 Å². The molecule has 1 aliphatic carbocycles. The molecule has 1 heterocycles. The summed E-state index contributed by atoms with van der Waals surface area (Å²) in [5, 5.41) is 6.20. The van der Waals surface area contributed by atoms with Gasteiger partial charge in [-0.3, -0.25) is 9.79 Å². The summed E-state index contributed by atoms with van der Waals surface area (Å²) in [5.74, 6) is 0. The van der Waals surface area contributed by atoms with Gasteiger partial charge in [-0.15, -0.1) is 0 Å². The zero-order chi connectivity index (χ0) is 17.6. The minimum atomic E-state index is -0.195. The SMILES string of the molecule is CCNc1cc2oc3c(=O)c(=NC)c4ccccc4c=3[nH]c2cc1C. The second kappa shape index (κ2) is 5.77. The lowest BCUT2D eigenvalue weighted by Gasteiger charge is -2.10. The number of hydrogen-bond donors (Lipinski definition) is 2. The molecule has 2 aromatic carbocycles. The molecule has 0 unspecified atom stereocenters. The van der Waals surface area contributed by atoms with Crippen molar-refractivity contribution in [3.63, 3.8) is 0 Å². The lowest BCUT2D eigenvalue weighted by molar-refractivity contribution is 0.556. The van der Waals surface area contributed by atoms with Crippen molar-refractivity contribution in [2.75, 3.05) is 18.9 Å². The zero-order valence-electron chi connectivity index (χ0n) is 14.4. The Bertz CT molecular complexity index is 1300. The van der Waals surface area contributed by atoms with Crippen molar-refractivity contribution in [1.29, 1.82) is 0 Å². The number of rotatable bonds is 2. The fourth-order valence-corrected chi connectivity index (χ4v) is 3.31. The molecule has 0 saturated heterocycles. The van der Waals surface area contributed by atoms with E-state index in [1.54, 1.807) is 7.05 Å². The van der Waals surface area contributed by atoms with E-state index in [-0.39, 0.29) is 5.43 Å². The highest BCUT2D eigenvalue weighted by Gasteiger charge is 2.11. The fourth-order valence-electron chi connectivity index (χ4n) is 3.31. The van der Waals surface area contributed by atoms with E-state index in [1.807, 2.05) is 50.2 Å². The maximum absolute atomic E-state index is 12.9. The van der Waals surface area contributed by atoms with Crippen molar-refractivity contribution >= 4 is 27.6 Å². The van der Waals surface area contributed by atoms with Gasteiger partial charge in [0.15, 0.2) is 5.58 Å². The molecule has 5 heteroatoms. The van der Waals surface area contributed by atoms with E-state index >= 15 is 0 Å². The molecule has 0 amide bonds. The van der Waals surface area contributed by atoms with Crippen LogP contribution in [-0.2, 0) is 0 Å². The van der Waals surface area contributed by atoms with Crippen LogP contribution in [0.25, 0.3) is 21.9 Å². The summed E-state index contributed by atoms with van der Waals surface area (Å²) < 4.78 is 6.03. The summed E-state index contributed by atoms with van der Waals surface area (Å²) in [6, 6.07) is 11.7. The van der Waals surface area contributed by atoms with Crippen molar-refractivity contribution in [1.82, 2.24) is 4.98 Å². The van der Waals surface area contributed by atoms with E-state index in [2.05, 4.69) is 15.3 Å². The lowest BCUT2D eigenvalue weighted by atomic mass is 10.1. The molecule has 5 nitrogen and oxygen atoms in total. The molecule has 126 valence electrons. The molecule has 0 bridgehead atoms. The lowest BCUT2D eigenvalue weighted by Crippen LogP contribution is -2.27. The molecular weight excluding hydrogens is 314 g/mol. The molecule has 0 saturated carbocycles. The molecular formula is C20H19N3O2. The third-order valence-electron chi connectivity index (χ3n) is 4.49. The summed E-state index contributed by atoms with van der Waals surface area (Å²) in [6.45, 7) is 4.91. The Morgan fingerprint density at radius 1 is 1.20 bits per heavy atom. The van der Waals surface area contributed by atoms with Crippen molar-refractivity contribution in [2.45, 2.75) is 13.8 Å². The number of fused-ring (bicyclic) bond motifs is 3. The minimum Gasteiger partial charge on any atom is -0.449 e. The maximum atomic E-state index is 12.9. The van der Waals surface area contributed by atoms with Gasteiger partial charge < -0.3 is 14.7 Å². The van der Waals surface area contributed by atoms with E-state index in [0.717, 1.165) is 34.1 Å². The number of nitrogens with one attached hydrogen (secondary N) is 2. The number of aryl methyl sites for hydroxylation is 1. The smallest absolute Gasteiger partial charge is 0.248 e. The predicted octanol–water partition coefficient (Wildman–Crippen LogP) is 3.27. The van der Waals surface area contributed by atoms with Gasteiger partial charge in [0, 0.05) is 36.1 Å². The Kier molecular flexibility index (Phi) is 3.57. The molecule has 2 aromatic rings. The standard InChI is InChI=1S/C20H19N3O2/c1-4-22-14-10-16-15(9-11(14)2)23-18-13-8-6-5-7-12(13)17(21-3)19(24)20(18)25-16/h5-10,22-23H,4H2,1-3H3. The summed E-state index contributed by atoms with van der Waals surface area (Å²) in [4.78, 5) is 20.5. The van der Waals surface area contributed by atoms with Gasteiger partial charge in [0.1, 0.15) is 5.36 Å². The van der Waals surface area contributed by atoms with Crippen LogP contribution in [0.1, 0.15) is 12.5 Å². The molecule has 0 radical (unpaired) electrons. The second-order valence-corrected chi connectivity index (χ2v) is 6.07. The summed E-state index contributed by atoms with van der Waals surface area (Å²) in [5.41, 5.74) is 3.73. The first-order chi connectivity index (χ1) is 12.1. The summed E-state index contributed by atoms with van der Waals surface area (Å²) in [6.07, 6.45) is 0. The van der Waals surface area contributed by atoms with Gasteiger partial charge in [-0.25, -0.2) is 0 Å². The van der Waals surface area contributed by atoms with E-state index in [9.17, 15) is 4.79 Å². The van der Waals surface area contributed by atoms with Crippen molar-refractivity contribution in [3.05, 3.63) is 68.3 Å². The van der Waals surface area contributed by atoms with Crippen molar-refractivity contribution in [3.8, 4) is 0 Å². The number of aromatic nitrogens is 1. The maximum Gasteiger partial charge on any atom is 0.248 e. The predicted molar refractivity (Wildman–Crippen MR) is 100 cm³/mol. The van der Waals surface area contributed by atoms with Crippen LogP contribution in [0, 0.1) is 17.7 Å². The highest BCUT2D eigenvalue weighted by atomic mass is 16.3. The summed E-state index contributed by atoms with van der Waals surface area (Å²) in [7, 11) is 1.63. The van der Waals surface area contributed by atoms with E-state index in [4.69, 9.17) is 4.42 Å². The normalized spacial score (nSPS) is 12.4. The molecule has 2 aliphatic rings. The first-order valence-electron chi connectivity index (χ1n) is 8.33. The topological polar surface area (TPSA) is 70.4 Å². The molecule has 0 aromatic heterocycles. The number of aromatic amines is 1. The molecule has 4 rings (SSSR count). The van der Waals surface area contributed by atoms with Gasteiger partial charge in [0.05, 0.1) is 10.9 Å². The molecule has 25 heavy (non-hydrogen) atoms. The Labute approximate surface area is 143 Å². The van der Waals surface area contributed by atoms with Crippen LogP contribution < -0.4 is 16.1 Å². The van der Waals surface area contributed by atoms with Crippen molar-refractivity contribution in [2.24, 2.45) is 4.99 Å². The third-order valence-corrected chi connectivity index (χ3v) is 4.49. The van der Waals surface area contributed by atoms with Crippen LogP contribution in [0.2, 0.25) is 0 Å². The highest BCUT2D eigenvalue weighted by Crippen LogP contribution is 2.23. The third kappa shape index (κ3) is 2.31. The van der Waals surface area contributed by atoms with Gasteiger partial charge in [-0.2, -0.15) is 0 Å². The Hall–Kier alpha value is -3.08. The van der Waals surface area contributed by atoms with Gasteiger partial charge in [-0.05, 0) is 25.5 Å². The molecule has 2 N–H and O–H groups in total. The van der Waals surface area contributed by atoms with Crippen LogP contribution in [0.3, 0.4) is 0 Å². The average Bonchev–Trinajstić information content (AvgIpc) is 2.62. The number of hydrogen-bond acceptors (Lipinski definition) is 4. The second-order valence-electron chi connectivity index (χ2n) is 6.07. The highest BCUT2D eigenvalue weighted by molar-refractivity contribution is 5.84. The molecule has 0 atom stereocenters. The average molecular weight is 333 g/mol. The van der Waals surface area contributed by atoms with Gasteiger partial charge in [0.2, 0.25) is 10.8 Å². The largest absolute Gasteiger partial charge is 0.449 e. The Morgan fingerprint density at radius 2 is 1.96 bits per heavy atom. The Balaban J connectivity index is 2.26. The van der Waals surface area contributed by atoms with Gasteiger partial charge in [-0.1, -0.05) is 24.3 Å². The number of benzene rings is 2. The number of anilines is 1. The quantitative estimate of drug-likeness (QED) is 0.591. The van der Waals surface area contributed by atoms with Gasteiger partial charge in [0.25, 0.3) is 0 Å². The monoisotopic (exact) mass is 333 g/mol. The number of H-pyrrole nitrogens is 1. The van der Waals surface area contributed by atoms with Crippen LogP contribution in [0.4, 0.5) is 5.69 Å². The first-order valence-corrected chi connectivity index (χ1v) is 8.33. The number of nitrogens with zero attached hydrogens (tertiary/aromatic N) is 1. The van der Waals surface area contributed by atoms with Crippen LogP contribution >= 0.6 is 0 Å². The van der Waals surface area contributed by atoms with Crippen LogP contribution in [0.5, 0.6) is 0 Å². The fraction of sp³-hybridized carbons (Fsp3) is 0.200. The van der Waals surface area contributed by atoms with E-state index in [0.29, 0.717) is 21.7 Å². The van der Waals surface area contributed by atoms with Crippen molar-refractivity contribution < 1.29 is 4.42 Å². The minimum absolute atomic E-state index is 0.195. The molecule has 1 aliphatic heterocycles. The van der Waals surface area contributed by atoms with Crippen LogP contribution in [-0.4, -0.2) is 18.6 Å².